The number of likely N-dealkylation sites (tertiary alicyclic amines) is 1. The molecule has 2 aliphatic rings. The SMILES string of the molecule is CC(OC1(CN)CCCC1)C(=O)N1CCCCCC1. The van der Waals surface area contributed by atoms with E-state index in [0.717, 1.165) is 38.8 Å². The van der Waals surface area contributed by atoms with Crippen LogP contribution in [0.5, 0.6) is 0 Å². The first-order valence-electron chi connectivity index (χ1n) is 7.83. The highest BCUT2D eigenvalue weighted by Crippen LogP contribution is 2.33. The maximum absolute atomic E-state index is 12.5. The Morgan fingerprint density at radius 1 is 1.16 bits per heavy atom. The predicted molar refractivity (Wildman–Crippen MR) is 75.8 cm³/mol. The van der Waals surface area contributed by atoms with Crippen LogP contribution in [0, 0.1) is 0 Å². The molecule has 0 bridgehead atoms. The predicted octanol–water partition coefficient (Wildman–Crippen LogP) is 2.07. The number of nitrogens with zero attached hydrogens (tertiary/aromatic N) is 1. The topological polar surface area (TPSA) is 55.6 Å². The third-order valence-electron chi connectivity index (χ3n) is 4.58. The molecule has 4 nitrogen and oxygen atoms in total. The van der Waals surface area contributed by atoms with Crippen LogP contribution in [0.1, 0.15) is 58.3 Å². The van der Waals surface area contributed by atoms with E-state index in [4.69, 9.17) is 10.5 Å². The van der Waals surface area contributed by atoms with Crippen molar-refractivity contribution in [3.63, 3.8) is 0 Å². The molecule has 1 amide bonds. The van der Waals surface area contributed by atoms with E-state index < -0.39 is 0 Å². The second-order valence-electron chi connectivity index (χ2n) is 6.09. The van der Waals surface area contributed by atoms with Gasteiger partial charge < -0.3 is 15.4 Å². The number of carbonyl (C=O) groups is 1. The Morgan fingerprint density at radius 2 is 1.74 bits per heavy atom. The largest absolute Gasteiger partial charge is 0.361 e. The summed E-state index contributed by atoms with van der Waals surface area (Å²) in [6, 6.07) is 0. The van der Waals surface area contributed by atoms with Crippen molar-refractivity contribution < 1.29 is 9.53 Å². The zero-order valence-electron chi connectivity index (χ0n) is 12.2. The van der Waals surface area contributed by atoms with Gasteiger partial charge in [-0.05, 0) is 32.6 Å². The molecule has 1 atom stereocenters. The first-order valence-corrected chi connectivity index (χ1v) is 7.83. The highest BCUT2D eigenvalue weighted by molar-refractivity contribution is 5.80. The first kappa shape index (κ1) is 14.8. The summed E-state index contributed by atoms with van der Waals surface area (Å²) in [4.78, 5) is 14.4. The molecule has 1 aliphatic carbocycles. The molecule has 2 N–H and O–H groups in total. The molecule has 1 aliphatic heterocycles. The summed E-state index contributed by atoms with van der Waals surface area (Å²) in [6.45, 7) is 4.21. The lowest BCUT2D eigenvalue weighted by Gasteiger charge is -2.33. The van der Waals surface area contributed by atoms with Crippen LogP contribution < -0.4 is 5.73 Å². The quantitative estimate of drug-likeness (QED) is 0.849. The Labute approximate surface area is 116 Å². The van der Waals surface area contributed by atoms with Gasteiger partial charge in [0.2, 0.25) is 0 Å². The average molecular weight is 268 g/mol. The van der Waals surface area contributed by atoms with Gasteiger partial charge in [-0.1, -0.05) is 25.7 Å². The lowest BCUT2D eigenvalue weighted by molar-refractivity contribution is -0.154. The fourth-order valence-corrected chi connectivity index (χ4v) is 3.36. The third-order valence-corrected chi connectivity index (χ3v) is 4.58. The molecule has 2 rings (SSSR count). The van der Waals surface area contributed by atoms with Crippen molar-refractivity contribution in [2.24, 2.45) is 5.73 Å². The summed E-state index contributed by atoms with van der Waals surface area (Å²) >= 11 is 0. The van der Waals surface area contributed by atoms with Crippen LogP contribution in [0.2, 0.25) is 0 Å². The van der Waals surface area contributed by atoms with Gasteiger partial charge >= 0.3 is 0 Å². The number of amides is 1. The Hall–Kier alpha value is -0.610. The second-order valence-corrected chi connectivity index (χ2v) is 6.09. The van der Waals surface area contributed by atoms with Crippen LogP contribution in [-0.4, -0.2) is 42.1 Å². The molecule has 0 spiro atoms. The standard InChI is InChI=1S/C15H28N2O2/c1-13(19-15(12-16)8-4-5-9-15)14(18)17-10-6-2-3-7-11-17/h13H,2-12,16H2,1H3. The van der Waals surface area contributed by atoms with E-state index in [0.29, 0.717) is 6.54 Å². The summed E-state index contributed by atoms with van der Waals surface area (Å²) in [5.41, 5.74) is 5.64. The summed E-state index contributed by atoms with van der Waals surface area (Å²) < 4.78 is 6.09. The molecular formula is C15H28N2O2. The van der Waals surface area contributed by atoms with Gasteiger partial charge in [0.05, 0.1) is 5.60 Å². The van der Waals surface area contributed by atoms with Gasteiger partial charge in [-0.25, -0.2) is 0 Å². The maximum Gasteiger partial charge on any atom is 0.251 e. The van der Waals surface area contributed by atoms with Gasteiger partial charge in [-0.15, -0.1) is 0 Å². The molecule has 1 saturated heterocycles. The van der Waals surface area contributed by atoms with Gasteiger partial charge in [-0.2, -0.15) is 0 Å². The van der Waals surface area contributed by atoms with Crippen molar-refractivity contribution in [2.75, 3.05) is 19.6 Å². The summed E-state index contributed by atoms with van der Waals surface area (Å²) in [6.07, 6.45) is 8.73. The van der Waals surface area contributed by atoms with Crippen molar-refractivity contribution >= 4 is 5.91 Å². The molecule has 19 heavy (non-hydrogen) atoms. The highest BCUT2D eigenvalue weighted by Gasteiger charge is 2.37. The van der Waals surface area contributed by atoms with Crippen LogP contribution in [0.25, 0.3) is 0 Å². The lowest BCUT2D eigenvalue weighted by Crippen LogP contribution is -2.47. The number of rotatable bonds is 4. The van der Waals surface area contributed by atoms with Crippen molar-refractivity contribution in [3.8, 4) is 0 Å². The molecule has 1 saturated carbocycles. The zero-order valence-corrected chi connectivity index (χ0v) is 12.2. The molecule has 4 heteroatoms. The van der Waals surface area contributed by atoms with Crippen LogP contribution in [0.15, 0.2) is 0 Å². The smallest absolute Gasteiger partial charge is 0.251 e. The van der Waals surface area contributed by atoms with Crippen LogP contribution >= 0.6 is 0 Å². The fourth-order valence-electron chi connectivity index (χ4n) is 3.36. The number of hydrogen-bond donors (Lipinski definition) is 1. The average Bonchev–Trinajstić information content (AvgIpc) is 2.72. The molecule has 0 aromatic carbocycles. The van der Waals surface area contributed by atoms with E-state index in [-0.39, 0.29) is 17.6 Å². The molecule has 0 aromatic rings. The second kappa shape index (κ2) is 6.71. The minimum Gasteiger partial charge on any atom is -0.361 e. The lowest BCUT2D eigenvalue weighted by atomic mass is 10.0. The Kier molecular flexibility index (Phi) is 5.22. The Balaban J connectivity index is 1.90. The number of ether oxygens (including phenoxy) is 1. The Bertz CT molecular complexity index is 293. The fraction of sp³-hybridized carbons (Fsp3) is 0.933. The van der Waals surface area contributed by atoms with E-state index >= 15 is 0 Å². The number of nitrogens with two attached hydrogens (primary N) is 1. The van der Waals surface area contributed by atoms with Crippen molar-refractivity contribution in [2.45, 2.75) is 70.0 Å². The van der Waals surface area contributed by atoms with Gasteiger partial charge in [0.1, 0.15) is 6.10 Å². The van der Waals surface area contributed by atoms with Gasteiger partial charge in [-0.3, -0.25) is 4.79 Å². The third kappa shape index (κ3) is 3.69. The zero-order chi connectivity index (χ0) is 13.7. The first-order chi connectivity index (χ1) is 9.17. The summed E-state index contributed by atoms with van der Waals surface area (Å²) in [5, 5.41) is 0. The van der Waals surface area contributed by atoms with Crippen molar-refractivity contribution in [1.82, 2.24) is 4.90 Å². The highest BCUT2D eigenvalue weighted by atomic mass is 16.5. The molecule has 0 radical (unpaired) electrons. The monoisotopic (exact) mass is 268 g/mol. The van der Waals surface area contributed by atoms with Crippen LogP contribution in [0.4, 0.5) is 0 Å². The molecule has 1 unspecified atom stereocenters. The number of carbonyl (C=O) groups excluding carboxylic acids is 1. The Morgan fingerprint density at radius 3 is 2.26 bits per heavy atom. The minimum absolute atomic E-state index is 0.154. The molecule has 110 valence electrons. The van der Waals surface area contributed by atoms with E-state index in [9.17, 15) is 4.79 Å². The molecule has 1 heterocycles. The van der Waals surface area contributed by atoms with Crippen LogP contribution in [-0.2, 0) is 9.53 Å². The molecule has 2 fully saturated rings. The summed E-state index contributed by atoms with van der Waals surface area (Å²) in [5.74, 6) is 0.154. The van der Waals surface area contributed by atoms with Crippen LogP contribution in [0.3, 0.4) is 0 Å². The number of hydrogen-bond acceptors (Lipinski definition) is 3. The van der Waals surface area contributed by atoms with Gasteiger partial charge in [0.25, 0.3) is 5.91 Å². The van der Waals surface area contributed by atoms with Gasteiger partial charge in [0.15, 0.2) is 0 Å². The van der Waals surface area contributed by atoms with E-state index in [1.807, 2.05) is 11.8 Å². The van der Waals surface area contributed by atoms with Crippen molar-refractivity contribution in [1.29, 1.82) is 0 Å². The van der Waals surface area contributed by atoms with Gasteiger partial charge in [0, 0.05) is 19.6 Å². The van der Waals surface area contributed by atoms with E-state index in [1.165, 1.54) is 25.7 Å². The molecule has 0 aromatic heterocycles. The van der Waals surface area contributed by atoms with Crippen molar-refractivity contribution in [3.05, 3.63) is 0 Å². The summed E-state index contributed by atoms with van der Waals surface area (Å²) in [7, 11) is 0. The minimum atomic E-state index is -0.347. The normalized spacial score (nSPS) is 25.1. The maximum atomic E-state index is 12.5. The van der Waals surface area contributed by atoms with E-state index in [1.54, 1.807) is 0 Å². The van der Waals surface area contributed by atoms with E-state index in [2.05, 4.69) is 0 Å². The molecular weight excluding hydrogens is 240 g/mol.